The number of nitrogens with two attached hydrogens (primary N) is 2. The van der Waals surface area contributed by atoms with E-state index in [2.05, 4.69) is 0 Å². The van der Waals surface area contributed by atoms with Crippen molar-refractivity contribution in [3.63, 3.8) is 0 Å². The van der Waals surface area contributed by atoms with E-state index in [9.17, 15) is 19.2 Å². The molecule has 0 aliphatic rings. The van der Waals surface area contributed by atoms with Gasteiger partial charge in [-0.25, -0.2) is 4.79 Å². The maximum atomic E-state index is 12.9. The Bertz CT molecular complexity index is 975. The minimum absolute atomic E-state index is 0.109. The van der Waals surface area contributed by atoms with Crippen LogP contribution in [0, 0.1) is 0 Å². The first-order valence-electron chi connectivity index (χ1n) is 8.88. The van der Waals surface area contributed by atoms with Crippen molar-refractivity contribution in [2.45, 2.75) is 39.9 Å². The molecule has 1 amide bonds. The van der Waals surface area contributed by atoms with E-state index >= 15 is 0 Å². The zero-order valence-electron chi connectivity index (χ0n) is 16.2. The Kier molecular flexibility index (Phi) is 6.92. The number of hydrogen-bond donors (Lipinski definition) is 2. The van der Waals surface area contributed by atoms with Gasteiger partial charge in [0.15, 0.2) is 5.78 Å². The zero-order valence-corrected chi connectivity index (χ0v) is 17.0. The van der Waals surface area contributed by atoms with Crippen LogP contribution >= 0.6 is 11.3 Å². The standard InChI is InChI=1S/C18H25N5O4S/c1-4-22-17(26)15(13(24)9-21(11(2)3)10-14(19)25)16(20)23(18(22)27)8-12-6-5-7-28-12/h5-7,11H,4,8-10,20H2,1-3H3,(H2,19,25). The largest absolute Gasteiger partial charge is 0.384 e. The van der Waals surface area contributed by atoms with Crippen LogP contribution in [0.3, 0.4) is 0 Å². The molecular formula is C18H25N5O4S. The van der Waals surface area contributed by atoms with Crippen LogP contribution in [0.1, 0.15) is 36.0 Å². The summed E-state index contributed by atoms with van der Waals surface area (Å²) in [5.41, 5.74) is 9.82. The van der Waals surface area contributed by atoms with Gasteiger partial charge in [-0.05, 0) is 32.2 Å². The van der Waals surface area contributed by atoms with E-state index in [1.807, 2.05) is 31.4 Å². The van der Waals surface area contributed by atoms with Gasteiger partial charge in [-0.2, -0.15) is 0 Å². The van der Waals surface area contributed by atoms with Gasteiger partial charge in [-0.3, -0.25) is 28.4 Å². The Morgan fingerprint density at radius 3 is 2.39 bits per heavy atom. The lowest BCUT2D eigenvalue weighted by Gasteiger charge is -2.24. The number of aromatic nitrogens is 2. The summed E-state index contributed by atoms with van der Waals surface area (Å²) >= 11 is 1.44. The predicted octanol–water partition coefficient (Wildman–Crippen LogP) is 0.100. The van der Waals surface area contributed by atoms with Gasteiger partial charge in [0.25, 0.3) is 5.56 Å². The molecule has 0 radical (unpaired) electrons. The molecule has 4 N–H and O–H groups in total. The second kappa shape index (κ2) is 8.98. The van der Waals surface area contributed by atoms with Crippen molar-refractivity contribution < 1.29 is 9.59 Å². The molecular weight excluding hydrogens is 382 g/mol. The zero-order chi connectivity index (χ0) is 21.0. The molecule has 0 fully saturated rings. The van der Waals surface area contributed by atoms with E-state index in [-0.39, 0.29) is 43.6 Å². The number of carbonyl (C=O) groups is 2. The quantitative estimate of drug-likeness (QED) is 0.566. The fourth-order valence-corrected chi connectivity index (χ4v) is 3.54. The van der Waals surface area contributed by atoms with Gasteiger partial charge in [0.1, 0.15) is 11.4 Å². The number of amides is 1. The van der Waals surface area contributed by atoms with Crippen LogP contribution in [-0.4, -0.2) is 44.9 Å². The average Bonchev–Trinajstić information content (AvgIpc) is 3.11. The number of nitrogens with zero attached hydrogens (tertiary/aromatic N) is 3. The van der Waals surface area contributed by atoms with Crippen molar-refractivity contribution in [3.05, 3.63) is 48.8 Å². The highest BCUT2D eigenvalue weighted by Crippen LogP contribution is 2.14. The Morgan fingerprint density at radius 1 is 1.21 bits per heavy atom. The molecule has 2 aromatic heterocycles. The smallest absolute Gasteiger partial charge is 0.332 e. The molecule has 0 aliphatic carbocycles. The molecule has 0 saturated carbocycles. The SMILES string of the molecule is CCn1c(=O)c(C(=O)CN(CC(N)=O)C(C)C)c(N)n(Cc2cccs2)c1=O. The molecule has 152 valence electrons. The second-order valence-corrected chi connectivity index (χ2v) is 7.68. The average molecular weight is 407 g/mol. The van der Waals surface area contributed by atoms with Gasteiger partial charge in [0.05, 0.1) is 19.6 Å². The number of carbonyl (C=O) groups excluding carboxylic acids is 2. The van der Waals surface area contributed by atoms with Crippen molar-refractivity contribution in [1.29, 1.82) is 0 Å². The Morgan fingerprint density at radius 2 is 1.89 bits per heavy atom. The first-order valence-corrected chi connectivity index (χ1v) is 9.76. The Labute approximate surface area is 166 Å². The van der Waals surface area contributed by atoms with Crippen LogP contribution in [0.5, 0.6) is 0 Å². The van der Waals surface area contributed by atoms with Gasteiger partial charge in [-0.15, -0.1) is 11.3 Å². The Hall–Kier alpha value is -2.72. The molecule has 2 aromatic rings. The highest BCUT2D eigenvalue weighted by atomic mass is 32.1. The molecule has 0 aromatic carbocycles. The molecule has 0 unspecified atom stereocenters. The molecule has 0 bridgehead atoms. The maximum Gasteiger partial charge on any atom is 0.332 e. The van der Waals surface area contributed by atoms with Crippen molar-refractivity contribution in [3.8, 4) is 0 Å². The molecule has 0 atom stereocenters. The summed E-state index contributed by atoms with van der Waals surface area (Å²) in [6.07, 6.45) is 0. The molecule has 2 rings (SSSR count). The summed E-state index contributed by atoms with van der Waals surface area (Å²) in [5, 5.41) is 1.86. The molecule has 10 heteroatoms. The summed E-state index contributed by atoms with van der Waals surface area (Å²) in [6.45, 7) is 5.20. The summed E-state index contributed by atoms with van der Waals surface area (Å²) < 4.78 is 2.22. The van der Waals surface area contributed by atoms with E-state index in [4.69, 9.17) is 11.5 Å². The lowest BCUT2D eigenvalue weighted by Crippen LogP contribution is -2.47. The Balaban J connectivity index is 2.53. The third-order valence-corrected chi connectivity index (χ3v) is 5.25. The third kappa shape index (κ3) is 4.57. The van der Waals surface area contributed by atoms with Crippen molar-refractivity contribution in [2.75, 3.05) is 18.8 Å². The van der Waals surface area contributed by atoms with E-state index < -0.39 is 22.9 Å². The number of thiophene rings is 1. The molecule has 0 saturated heterocycles. The fourth-order valence-electron chi connectivity index (χ4n) is 2.85. The number of primary amides is 1. The van der Waals surface area contributed by atoms with E-state index in [1.165, 1.54) is 15.9 Å². The molecule has 9 nitrogen and oxygen atoms in total. The van der Waals surface area contributed by atoms with Gasteiger partial charge >= 0.3 is 5.69 Å². The molecule has 0 aliphatic heterocycles. The van der Waals surface area contributed by atoms with Gasteiger partial charge in [0, 0.05) is 17.5 Å². The number of hydrogen-bond acceptors (Lipinski definition) is 7. The van der Waals surface area contributed by atoms with Crippen LogP contribution in [0.15, 0.2) is 27.1 Å². The van der Waals surface area contributed by atoms with E-state index in [0.29, 0.717) is 0 Å². The van der Waals surface area contributed by atoms with Crippen LogP contribution in [0.25, 0.3) is 0 Å². The van der Waals surface area contributed by atoms with E-state index in [1.54, 1.807) is 11.8 Å². The molecule has 28 heavy (non-hydrogen) atoms. The topological polar surface area (TPSA) is 133 Å². The fraction of sp³-hybridized carbons (Fsp3) is 0.444. The highest BCUT2D eigenvalue weighted by molar-refractivity contribution is 7.09. The summed E-state index contributed by atoms with van der Waals surface area (Å²) in [5.74, 6) is -1.30. The summed E-state index contributed by atoms with van der Waals surface area (Å²) in [4.78, 5) is 52.0. The van der Waals surface area contributed by atoms with Crippen LogP contribution in [-0.2, 0) is 17.9 Å². The summed E-state index contributed by atoms with van der Waals surface area (Å²) in [6, 6.07) is 3.53. The van der Waals surface area contributed by atoms with E-state index in [0.717, 1.165) is 9.44 Å². The normalized spacial score (nSPS) is 11.3. The number of anilines is 1. The minimum atomic E-state index is -0.722. The number of rotatable bonds is 9. The monoisotopic (exact) mass is 407 g/mol. The highest BCUT2D eigenvalue weighted by Gasteiger charge is 2.25. The lowest BCUT2D eigenvalue weighted by molar-refractivity contribution is -0.119. The van der Waals surface area contributed by atoms with Crippen molar-refractivity contribution in [2.24, 2.45) is 5.73 Å². The lowest BCUT2D eigenvalue weighted by atomic mass is 10.1. The van der Waals surface area contributed by atoms with Crippen LogP contribution in [0.4, 0.5) is 5.82 Å². The van der Waals surface area contributed by atoms with Crippen molar-refractivity contribution in [1.82, 2.24) is 14.0 Å². The van der Waals surface area contributed by atoms with Crippen LogP contribution < -0.4 is 22.7 Å². The minimum Gasteiger partial charge on any atom is -0.384 e. The number of ketones is 1. The summed E-state index contributed by atoms with van der Waals surface area (Å²) in [7, 11) is 0. The van der Waals surface area contributed by atoms with Crippen molar-refractivity contribution >= 4 is 28.8 Å². The first kappa shape index (κ1) is 21.6. The molecule has 2 heterocycles. The van der Waals surface area contributed by atoms with Crippen LogP contribution in [0.2, 0.25) is 0 Å². The number of nitrogen functional groups attached to an aromatic ring is 1. The third-order valence-electron chi connectivity index (χ3n) is 4.39. The predicted molar refractivity (Wildman–Crippen MR) is 109 cm³/mol. The van der Waals surface area contributed by atoms with Gasteiger partial charge in [-0.1, -0.05) is 6.07 Å². The van der Waals surface area contributed by atoms with Gasteiger partial charge in [0.2, 0.25) is 5.91 Å². The maximum absolute atomic E-state index is 12.9. The number of Topliss-reactive ketones (excluding diaryl/α,β-unsaturated/α-hetero) is 1. The second-order valence-electron chi connectivity index (χ2n) is 6.65. The molecule has 0 spiro atoms. The van der Waals surface area contributed by atoms with Gasteiger partial charge < -0.3 is 11.5 Å². The first-order chi connectivity index (χ1) is 13.2.